The summed E-state index contributed by atoms with van der Waals surface area (Å²) in [6, 6.07) is 14.6. The predicted octanol–water partition coefficient (Wildman–Crippen LogP) is -18.0. The van der Waals surface area contributed by atoms with Crippen molar-refractivity contribution >= 4 is 97.9 Å². The topological polar surface area (TPSA) is 351 Å². The molecule has 0 radical (unpaired) electrons. The van der Waals surface area contributed by atoms with Gasteiger partial charge in [0.15, 0.2) is 0 Å². The van der Waals surface area contributed by atoms with Gasteiger partial charge in [0, 0.05) is 27.6 Å². The molecule has 6 rings (SSSR count). The number of carbonyl (C=O) groups is 6. The molecule has 4 N–H and O–H groups in total. The molecule has 6 aromatic rings. The minimum absolute atomic E-state index is 0. The number of nitrogens with one attached hydrogen (secondary N) is 1. The Morgan fingerprint density at radius 2 is 0.824 bits per heavy atom. The molecule has 0 amide bonds. The van der Waals surface area contributed by atoms with Crippen molar-refractivity contribution in [1.29, 1.82) is 0 Å². The van der Waals surface area contributed by atoms with Crippen molar-refractivity contribution in [3.63, 3.8) is 0 Å². The minimum Gasteiger partial charge on any atom is -0.858 e. The van der Waals surface area contributed by atoms with Gasteiger partial charge < -0.3 is 70.5 Å². The maximum atomic E-state index is 13.5. The Kier molecular flexibility index (Phi) is 26.2. The van der Waals surface area contributed by atoms with Crippen LogP contribution in [0.3, 0.4) is 0 Å². The molecular formula is C43H24N4Na6O15. The number of hydrogen-bond acceptors (Lipinski definition) is 15. The molecule has 0 fully saturated rings. The molecule has 0 aromatic heterocycles. The summed E-state index contributed by atoms with van der Waals surface area (Å²) >= 11 is 0. The fourth-order valence-electron chi connectivity index (χ4n) is 6.41. The average molecular weight is 975 g/mol. The zero-order valence-electron chi connectivity index (χ0n) is 37.7. The number of aliphatic imine (C=N–C) groups is 3. The fourth-order valence-corrected chi connectivity index (χ4v) is 6.41. The molecule has 0 aliphatic heterocycles. The maximum absolute atomic E-state index is 13.5. The number of carboxylic acid groups (broad SMARTS) is 6. The van der Waals surface area contributed by atoms with Crippen molar-refractivity contribution in [2.45, 2.75) is 13.8 Å². The number of nitrogens with zero attached hydrogens (tertiary/aromatic N) is 3. The Bertz CT molecular complexity index is 3110. The predicted molar refractivity (Wildman–Crippen MR) is 207 cm³/mol. The SMILES string of the molecule is Cc1ccc(C([O-])=Nc2ccc(C(=O)[O-])c3cc(C(=O)[O-])cc(C(=O)O)c23)cc1N=C(O)Nc1cc(C([O-])=Nc2ccc(C(=O)[O-])c3cc(C(=O)[O-])cc(C(=O)O)c23)ccc1C.[Na+].[Na+].[Na+].[Na+].[Na+].[Na+]. The van der Waals surface area contributed by atoms with E-state index in [9.17, 15) is 74.7 Å². The van der Waals surface area contributed by atoms with Crippen LogP contribution < -0.4 is 213 Å². The Balaban J connectivity index is 0.00000748. The van der Waals surface area contributed by atoms with Crippen LogP contribution in [0.1, 0.15) is 84.4 Å². The number of aromatic carboxylic acids is 6. The molecular weight excluding hydrogens is 950 g/mol. The first-order valence-electron chi connectivity index (χ1n) is 17.6. The van der Waals surface area contributed by atoms with Crippen molar-refractivity contribution in [2.24, 2.45) is 15.0 Å². The normalized spacial score (nSPS) is 10.9. The van der Waals surface area contributed by atoms with E-state index in [1.165, 1.54) is 36.4 Å². The molecule has 0 aliphatic rings. The first-order valence-corrected chi connectivity index (χ1v) is 17.6. The monoisotopic (exact) mass is 974 g/mol. The Labute approximate surface area is 517 Å². The van der Waals surface area contributed by atoms with E-state index in [2.05, 4.69) is 20.3 Å². The molecule has 0 bridgehead atoms. The summed E-state index contributed by atoms with van der Waals surface area (Å²) in [5.74, 6) is -12.4. The number of aliphatic hydroxyl groups excluding tert-OH is 1. The van der Waals surface area contributed by atoms with Gasteiger partial charge in [-0.25, -0.2) is 9.59 Å². The number of carbonyl (C=O) groups excluding carboxylic acids is 4. The molecule has 0 saturated carbocycles. The second-order valence-corrected chi connectivity index (χ2v) is 13.3. The second-order valence-electron chi connectivity index (χ2n) is 13.3. The summed E-state index contributed by atoms with van der Waals surface area (Å²) in [7, 11) is 0. The average Bonchev–Trinajstić information content (AvgIpc) is 3.21. The van der Waals surface area contributed by atoms with Crippen molar-refractivity contribution in [2.75, 3.05) is 5.32 Å². The summed E-state index contributed by atoms with van der Waals surface area (Å²) in [4.78, 5) is 83.2. The second kappa shape index (κ2) is 27.5. The zero-order chi connectivity index (χ0) is 45.3. The van der Waals surface area contributed by atoms with E-state index in [4.69, 9.17) is 0 Å². The minimum atomic E-state index is -1.79. The third-order valence-electron chi connectivity index (χ3n) is 9.41. The number of rotatable bonds is 12. The number of hydrogen-bond donors (Lipinski definition) is 4. The standard InChI is InChI=1S/C43H30N4O15.6Na/c1-17-3-5-19(35(48)44-29-9-7-23(39(54)55)25-11-21(37(50)51)13-27(33(25)29)41(58)59)15-31(17)46-43(62)47-32-16-20(6-4-18(32)2)36(49)45-30-10-8-24(40(56)57)26-12-22(38(52)53)14-28(34(26)30)42(60)61;;;;;;/h3-16H,1-2H3,(H,44,48)(H,45,49)(H,50,51)(H,52,53)(H,54,55)(H,56,57)(H,58,59)(H,60,61)(H2,46,47,62);;;;;;/q;6*+1/p-6. The smallest absolute Gasteiger partial charge is 0.858 e. The molecule has 0 spiro atoms. The van der Waals surface area contributed by atoms with Gasteiger partial charge in [0.05, 0.1) is 52.1 Å². The van der Waals surface area contributed by atoms with E-state index in [-0.39, 0.29) is 233 Å². The first kappa shape index (κ1) is 64.9. The molecule has 68 heavy (non-hydrogen) atoms. The Hall–Kier alpha value is -3.13. The van der Waals surface area contributed by atoms with Crippen LogP contribution in [0, 0.1) is 13.8 Å². The van der Waals surface area contributed by atoms with E-state index < -0.39 is 87.0 Å². The van der Waals surface area contributed by atoms with E-state index in [0.29, 0.717) is 11.1 Å². The van der Waals surface area contributed by atoms with Gasteiger partial charge in [-0.1, -0.05) is 36.4 Å². The van der Waals surface area contributed by atoms with Crippen molar-refractivity contribution in [1.82, 2.24) is 0 Å². The van der Waals surface area contributed by atoms with Crippen LogP contribution in [0.2, 0.25) is 0 Å². The summed E-state index contributed by atoms with van der Waals surface area (Å²) in [5, 5.41) is 105. The number of aliphatic hydroxyl groups is 1. The van der Waals surface area contributed by atoms with Crippen LogP contribution >= 0.6 is 0 Å². The van der Waals surface area contributed by atoms with Crippen molar-refractivity contribution in [3.05, 3.63) is 141 Å². The van der Waals surface area contributed by atoms with Gasteiger partial charge in [-0.05, 0) is 118 Å². The number of aryl methyl sites for hydroxylation is 2. The van der Waals surface area contributed by atoms with Crippen molar-refractivity contribution < 1.29 is 252 Å². The van der Waals surface area contributed by atoms with E-state index in [1.54, 1.807) is 13.8 Å². The summed E-state index contributed by atoms with van der Waals surface area (Å²) in [6.45, 7) is 3.19. The molecule has 0 heterocycles. The molecule has 6 aromatic carbocycles. The molecule has 0 saturated heterocycles. The zero-order valence-corrected chi connectivity index (χ0v) is 49.7. The van der Waals surface area contributed by atoms with Gasteiger partial charge in [0.1, 0.15) is 0 Å². The van der Waals surface area contributed by atoms with Crippen LogP contribution in [0.5, 0.6) is 0 Å². The molecule has 0 unspecified atom stereocenters. The van der Waals surface area contributed by atoms with Crippen LogP contribution in [0.15, 0.2) is 99.9 Å². The molecule has 19 nitrogen and oxygen atoms in total. The van der Waals surface area contributed by atoms with Gasteiger partial charge in [-0.15, -0.1) is 0 Å². The molecule has 312 valence electrons. The Morgan fingerprint density at radius 3 is 1.21 bits per heavy atom. The largest absolute Gasteiger partial charge is 1.00 e. The summed E-state index contributed by atoms with van der Waals surface area (Å²) in [5.41, 5.74) is -3.63. The summed E-state index contributed by atoms with van der Waals surface area (Å²) < 4.78 is 0. The maximum Gasteiger partial charge on any atom is 1.00 e. The van der Waals surface area contributed by atoms with Gasteiger partial charge >= 0.3 is 189 Å². The van der Waals surface area contributed by atoms with Gasteiger partial charge in [0.25, 0.3) is 6.02 Å². The molecule has 0 aliphatic carbocycles. The molecule has 0 atom stereocenters. The quantitative estimate of drug-likeness (QED) is 0.0503. The summed E-state index contributed by atoms with van der Waals surface area (Å²) in [6.07, 6.45) is 0. The first-order chi connectivity index (χ1) is 29.2. The van der Waals surface area contributed by atoms with Crippen LogP contribution in [-0.4, -0.2) is 69.0 Å². The van der Waals surface area contributed by atoms with E-state index >= 15 is 0 Å². The number of anilines is 1. The van der Waals surface area contributed by atoms with Crippen LogP contribution in [0.25, 0.3) is 21.5 Å². The van der Waals surface area contributed by atoms with Crippen LogP contribution in [0.4, 0.5) is 22.7 Å². The Morgan fingerprint density at radius 1 is 0.426 bits per heavy atom. The van der Waals surface area contributed by atoms with Gasteiger partial charge in [-0.2, -0.15) is 4.99 Å². The molecule has 25 heteroatoms. The number of fused-ring (bicyclic) bond motifs is 2. The third-order valence-corrected chi connectivity index (χ3v) is 9.41. The van der Waals surface area contributed by atoms with Crippen LogP contribution in [-0.2, 0) is 0 Å². The third kappa shape index (κ3) is 14.5. The number of benzene rings is 6. The van der Waals surface area contributed by atoms with E-state index in [1.807, 2.05) is 0 Å². The number of amidine groups is 1. The van der Waals surface area contributed by atoms with Crippen molar-refractivity contribution in [3.8, 4) is 0 Å². The van der Waals surface area contributed by atoms with Gasteiger partial charge in [0.2, 0.25) is 0 Å². The fraction of sp³-hybridized carbons (Fsp3) is 0.0465. The van der Waals surface area contributed by atoms with E-state index in [0.717, 1.165) is 48.5 Å². The number of carboxylic acids is 6. The van der Waals surface area contributed by atoms with Gasteiger partial charge in [-0.3, -0.25) is 9.98 Å².